The Labute approximate surface area is 115 Å². The van der Waals surface area contributed by atoms with Crippen LogP contribution in [0.1, 0.15) is 11.1 Å². The van der Waals surface area contributed by atoms with Crippen molar-refractivity contribution in [2.75, 3.05) is 0 Å². The fourth-order valence-electron chi connectivity index (χ4n) is 2.38. The summed E-state index contributed by atoms with van der Waals surface area (Å²) in [7, 11) is 0. The first kappa shape index (κ1) is 11.3. The number of hydrogen-bond donors (Lipinski definition) is 1. The molecular weight excluding hydrogens is 252 g/mol. The van der Waals surface area contributed by atoms with Gasteiger partial charge in [-0.3, -0.25) is 4.98 Å². The highest BCUT2D eigenvalue weighted by Gasteiger charge is 2.14. The van der Waals surface area contributed by atoms with Crippen LogP contribution in [0.4, 0.5) is 0 Å². The van der Waals surface area contributed by atoms with Crippen molar-refractivity contribution in [1.82, 2.24) is 20.4 Å². The van der Waals surface area contributed by atoms with Crippen LogP contribution < -0.4 is 5.32 Å². The average molecular weight is 264 g/mol. The third-order valence-electron chi connectivity index (χ3n) is 3.43. The number of hydrogen-bond acceptors (Lipinski definition) is 5. The van der Waals surface area contributed by atoms with Gasteiger partial charge in [0.25, 0.3) is 5.89 Å². The number of nitrogens with zero attached hydrogens (tertiary/aromatic N) is 3. The zero-order valence-electron chi connectivity index (χ0n) is 10.7. The Balaban J connectivity index is 1.72. The van der Waals surface area contributed by atoms with Gasteiger partial charge >= 0.3 is 0 Å². The van der Waals surface area contributed by atoms with E-state index < -0.39 is 0 Å². The minimum absolute atomic E-state index is 0.540. The lowest BCUT2D eigenvalue weighted by atomic mass is 10.1. The largest absolute Gasteiger partial charge is 0.334 e. The van der Waals surface area contributed by atoms with Crippen LogP contribution in [-0.2, 0) is 13.1 Å². The maximum atomic E-state index is 5.36. The Kier molecular flexibility index (Phi) is 2.57. The van der Waals surface area contributed by atoms with Crippen molar-refractivity contribution in [3.05, 3.63) is 53.9 Å². The molecule has 20 heavy (non-hydrogen) atoms. The predicted octanol–water partition coefficient (Wildman–Crippen LogP) is 2.40. The molecule has 0 saturated heterocycles. The number of aromatic nitrogens is 3. The summed E-state index contributed by atoms with van der Waals surface area (Å²) in [5.41, 5.74) is 4.43. The fraction of sp³-hybridized carbons (Fsp3) is 0.133. The molecule has 0 bridgehead atoms. The smallest absolute Gasteiger partial charge is 0.258 e. The Morgan fingerprint density at radius 2 is 2.00 bits per heavy atom. The molecule has 3 heterocycles. The van der Waals surface area contributed by atoms with Crippen molar-refractivity contribution in [3.8, 4) is 22.8 Å². The second kappa shape index (κ2) is 4.54. The van der Waals surface area contributed by atoms with Gasteiger partial charge in [-0.05, 0) is 35.4 Å². The average Bonchev–Trinajstić information content (AvgIpc) is 3.16. The maximum Gasteiger partial charge on any atom is 0.258 e. The maximum absolute atomic E-state index is 5.36. The van der Waals surface area contributed by atoms with E-state index in [2.05, 4.69) is 32.6 Å². The van der Waals surface area contributed by atoms with Crippen molar-refractivity contribution in [1.29, 1.82) is 0 Å². The molecule has 1 aliphatic heterocycles. The van der Waals surface area contributed by atoms with Gasteiger partial charge in [0, 0.05) is 36.6 Å². The Morgan fingerprint density at radius 1 is 1.05 bits per heavy atom. The van der Waals surface area contributed by atoms with Crippen LogP contribution in [0.15, 0.2) is 47.2 Å². The van der Waals surface area contributed by atoms with Gasteiger partial charge in [0.1, 0.15) is 0 Å². The van der Waals surface area contributed by atoms with Gasteiger partial charge in [0.2, 0.25) is 5.82 Å². The summed E-state index contributed by atoms with van der Waals surface area (Å²) in [6, 6.07) is 10.0. The SMILES string of the molecule is c1cncc(-c2noc(-c3ccc4c(c3)CNC4)n2)c1. The lowest BCUT2D eigenvalue weighted by Gasteiger charge is -1.99. The Morgan fingerprint density at radius 3 is 2.90 bits per heavy atom. The molecule has 98 valence electrons. The van der Waals surface area contributed by atoms with E-state index in [0.29, 0.717) is 11.7 Å². The molecule has 2 aromatic heterocycles. The summed E-state index contributed by atoms with van der Waals surface area (Å²) >= 11 is 0. The number of pyridine rings is 1. The summed E-state index contributed by atoms with van der Waals surface area (Å²) < 4.78 is 5.36. The highest BCUT2D eigenvalue weighted by Crippen LogP contribution is 2.25. The zero-order chi connectivity index (χ0) is 13.4. The first-order valence-corrected chi connectivity index (χ1v) is 6.47. The van der Waals surface area contributed by atoms with Gasteiger partial charge in [-0.25, -0.2) is 0 Å². The monoisotopic (exact) mass is 264 g/mol. The van der Waals surface area contributed by atoms with Gasteiger partial charge in [0.05, 0.1) is 0 Å². The molecule has 0 aliphatic carbocycles. The van der Waals surface area contributed by atoms with Crippen LogP contribution in [0.5, 0.6) is 0 Å². The molecule has 0 fully saturated rings. The van der Waals surface area contributed by atoms with Crippen molar-refractivity contribution in [2.45, 2.75) is 13.1 Å². The summed E-state index contributed by atoms with van der Waals surface area (Å²) in [6.07, 6.45) is 3.44. The van der Waals surface area contributed by atoms with Crippen LogP contribution in [0, 0.1) is 0 Å². The standard InChI is InChI=1S/C15H12N4O/c1-2-12(8-16-5-1)14-18-15(20-19-14)10-3-4-11-7-17-9-13(11)6-10/h1-6,8,17H,7,9H2. The normalized spacial score (nSPS) is 13.4. The van der Waals surface area contributed by atoms with Crippen molar-refractivity contribution >= 4 is 0 Å². The summed E-state index contributed by atoms with van der Waals surface area (Å²) in [4.78, 5) is 8.50. The molecule has 0 atom stereocenters. The van der Waals surface area contributed by atoms with Gasteiger partial charge in [0.15, 0.2) is 0 Å². The topological polar surface area (TPSA) is 63.8 Å². The van der Waals surface area contributed by atoms with Crippen molar-refractivity contribution in [2.24, 2.45) is 0 Å². The Bertz CT molecular complexity index is 752. The molecule has 0 saturated carbocycles. The van der Waals surface area contributed by atoms with E-state index in [0.717, 1.165) is 24.2 Å². The molecule has 5 nitrogen and oxygen atoms in total. The second-order valence-corrected chi connectivity index (χ2v) is 4.75. The van der Waals surface area contributed by atoms with E-state index in [1.807, 2.05) is 18.2 Å². The molecule has 3 aromatic rings. The first-order chi connectivity index (χ1) is 9.90. The van der Waals surface area contributed by atoms with Crippen LogP contribution in [0.25, 0.3) is 22.8 Å². The molecule has 0 radical (unpaired) electrons. The molecule has 4 rings (SSSR count). The van der Waals surface area contributed by atoms with Crippen molar-refractivity contribution < 1.29 is 4.52 Å². The quantitative estimate of drug-likeness (QED) is 0.770. The third kappa shape index (κ3) is 1.88. The van der Waals surface area contributed by atoms with Crippen LogP contribution in [0.3, 0.4) is 0 Å². The third-order valence-corrected chi connectivity index (χ3v) is 3.43. The van der Waals surface area contributed by atoms with Crippen molar-refractivity contribution in [3.63, 3.8) is 0 Å². The molecule has 0 unspecified atom stereocenters. The fourth-order valence-corrected chi connectivity index (χ4v) is 2.38. The number of benzene rings is 1. The van der Waals surface area contributed by atoms with E-state index in [1.54, 1.807) is 12.4 Å². The number of rotatable bonds is 2. The Hall–Kier alpha value is -2.53. The highest BCUT2D eigenvalue weighted by atomic mass is 16.5. The second-order valence-electron chi connectivity index (χ2n) is 4.75. The minimum atomic E-state index is 0.540. The van der Waals surface area contributed by atoms with E-state index in [1.165, 1.54) is 11.1 Å². The molecule has 1 aromatic carbocycles. The van der Waals surface area contributed by atoms with Crippen LogP contribution >= 0.6 is 0 Å². The molecule has 1 N–H and O–H groups in total. The summed E-state index contributed by atoms with van der Waals surface area (Å²) in [5.74, 6) is 1.10. The van der Waals surface area contributed by atoms with Gasteiger partial charge in [-0.1, -0.05) is 11.2 Å². The highest BCUT2D eigenvalue weighted by molar-refractivity contribution is 5.60. The van der Waals surface area contributed by atoms with Crippen LogP contribution in [0.2, 0.25) is 0 Å². The van der Waals surface area contributed by atoms with E-state index >= 15 is 0 Å². The first-order valence-electron chi connectivity index (χ1n) is 6.47. The van der Waals surface area contributed by atoms with Crippen LogP contribution in [-0.4, -0.2) is 15.1 Å². The zero-order valence-corrected chi connectivity index (χ0v) is 10.7. The molecule has 5 heteroatoms. The molecular formula is C15H12N4O. The lowest BCUT2D eigenvalue weighted by molar-refractivity contribution is 0.432. The molecule has 1 aliphatic rings. The number of fused-ring (bicyclic) bond motifs is 1. The predicted molar refractivity (Wildman–Crippen MR) is 73.5 cm³/mol. The van der Waals surface area contributed by atoms with E-state index in [4.69, 9.17) is 4.52 Å². The minimum Gasteiger partial charge on any atom is -0.334 e. The molecule has 0 amide bonds. The lowest BCUT2D eigenvalue weighted by Crippen LogP contribution is -1.99. The van der Waals surface area contributed by atoms with Gasteiger partial charge in [-0.15, -0.1) is 0 Å². The molecule has 0 spiro atoms. The van der Waals surface area contributed by atoms with Gasteiger partial charge in [-0.2, -0.15) is 4.98 Å². The summed E-state index contributed by atoms with van der Waals surface area (Å²) in [5, 5.41) is 7.34. The summed E-state index contributed by atoms with van der Waals surface area (Å²) in [6.45, 7) is 1.83. The van der Waals surface area contributed by atoms with E-state index in [-0.39, 0.29) is 0 Å². The number of nitrogens with one attached hydrogen (secondary N) is 1. The van der Waals surface area contributed by atoms with E-state index in [9.17, 15) is 0 Å². The van der Waals surface area contributed by atoms with Gasteiger partial charge < -0.3 is 9.84 Å².